The summed E-state index contributed by atoms with van der Waals surface area (Å²) in [6.07, 6.45) is 1.88. The van der Waals surface area contributed by atoms with Crippen LogP contribution in [0.4, 0.5) is 5.82 Å². The Labute approximate surface area is 180 Å². The zero-order valence-electron chi connectivity index (χ0n) is 18.6. The molecule has 2 N–H and O–H groups in total. The van der Waals surface area contributed by atoms with E-state index in [-0.39, 0.29) is 0 Å². The maximum absolute atomic E-state index is 5.51. The number of likely N-dealkylation sites (N-methyl/N-ethyl adjacent to an activating group) is 1. The summed E-state index contributed by atoms with van der Waals surface area (Å²) < 4.78 is 5.51. The zero-order chi connectivity index (χ0) is 21.3. The van der Waals surface area contributed by atoms with Crippen molar-refractivity contribution < 1.29 is 4.74 Å². The Morgan fingerprint density at radius 3 is 2.67 bits per heavy atom. The number of anilines is 1. The van der Waals surface area contributed by atoms with Crippen molar-refractivity contribution in [3.63, 3.8) is 0 Å². The summed E-state index contributed by atoms with van der Waals surface area (Å²) in [5.41, 5.74) is 3.45. The molecule has 0 amide bonds. The van der Waals surface area contributed by atoms with E-state index in [9.17, 15) is 0 Å². The van der Waals surface area contributed by atoms with Crippen LogP contribution >= 0.6 is 0 Å². The van der Waals surface area contributed by atoms with E-state index >= 15 is 0 Å². The Kier molecular flexibility index (Phi) is 7.90. The van der Waals surface area contributed by atoms with Crippen LogP contribution in [0.3, 0.4) is 0 Å². The Bertz CT molecular complexity index is 845. The molecular formula is C23H34N6O. The number of aryl methyl sites for hydroxylation is 1. The van der Waals surface area contributed by atoms with Gasteiger partial charge in [-0.15, -0.1) is 0 Å². The summed E-state index contributed by atoms with van der Waals surface area (Å²) in [6, 6.07) is 10.4. The topological polar surface area (TPSA) is 65.0 Å². The molecule has 1 saturated heterocycles. The number of nitrogens with zero attached hydrogens (tertiary/aromatic N) is 4. The van der Waals surface area contributed by atoms with Crippen molar-refractivity contribution in [2.75, 3.05) is 51.8 Å². The highest BCUT2D eigenvalue weighted by Gasteiger charge is 2.15. The molecule has 3 rings (SSSR count). The minimum atomic E-state index is 0.601. The molecule has 1 aliphatic heterocycles. The van der Waals surface area contributed by atoms with Crippen LogP contribution in [0.15, 0.2) is 41.5 Å². The van der Waals surface area contributed by atoms with Gasteiger partial charge in [-0.2, -0.15) is 0 Å². The van der Waals surface area contributed by atoms with Gasteiger partial charge in [0.05, 0.1) is 13.7 Å². The Hall–Kier alpha value is -2.80. The van der Waals surface area contributed by atoms with Crippen LogP contribution in [0.2, 0.25) is 0 Å². The molecule has 0 radical (unpaired) electrons. The third kappa shape index (κ3) is 6.10. The third-order valence-electron chi connectivity index (χ3n) is 5.29. The predicted molar refractivity (Wildman–Crippen MR) is 123 cm³/mol. The number of pyridine rings is 1. The molecule has 162 valence electrons. The Balaban J connectivity index is 1.64. The molecule has 7 nitrogen and oxygen atoms in total. The van der Waals surface area contributed by atoms with Gasteiger partial charge in [0.1, 0.15) is 11.6 Å². The molecule has 1 aromatic carbocycles. The summed E-state index contributed by atoms with van der Waals surface area (Å²) in [5, 5.41) is 6.73. The van der Waals surface area contributed by atoms with E-state index in [1.165, 1.54) is 5.56 Å². The van der Waals surface area contributed by atoms with Crippen molar-refractivity contribution in [1.82, 2.24) is 20.5 Å². The second-order valence-corrected chi connectivity index (χ2v) is 7.68. The summed E-state index contributed by atoms with van der Waals surface area (Å²) in [5.74, 6) is 2.72. The highest BCUT2D eigenvalue weighted by molar-refractivity contribution is 5.79. The Morgan fingerprint density at radius 1 is 1.13 bits per heavy atom. The minimum Gasteiger partial charge on any atom is -0.496 e. The number of benzene rings is 1. The van der Waals surface area contributed by atoms with Gasteiger partial charge in [-0.3, -0.25) is 0 Å². The molecule has 1 fully saturated rings. The highest BCUT2D eigenvalue weighted by atomic mass is 16.5. The van der Waals surface area contributed by atoms with Gasteiger partial charge in [0, 0.05) is 51.0 Å². The molecule has 0 atom stereocenters. The van der Waals surface area contributed by atoms with Gasteiger partial charge in [-0.05, 0) is 50.2 Å². The fourth-order valence-corrected chi connectivity index (χ4v) is 3.46. The first-order valence-corrected chi connectivity index (χ1v) is 10.6. The average molecular weight is 411 g/mol. The summed E-state index contributed by atoms with van der Waals surface area (Å²) in [4.78, 5) is 14.0. The predicted octanol–water partition coefficient (Wildman–Crippen LogP) is 2.41. The Morgan fingerprint density at radius 2 is 1.93 bits per heavy atom. The monoisotopic (exact) mass is 410 g/mol. The lowest BCUT2D eigenvalue weighted by Gasteiger charge is -2.33. The molecule has 0 bridgehead atoms. The molecule has 1 aliphatic rings. The van der Waals surface area contributed by atoms with Gasteiger partial charge < -0.3 is 25.2 Å². The number of hydrogen-bond acceptors (Lipinski definition) is 5. The quantitative estimate of drug-likeness (QED) is 0.540. The van der Waals surface area contributed by atoms with Crippen LogP contribution in [-0.4, -0.2) is 62.7 Å². The minimum absolute atomic E-state index is 0.601. The lowest BCUT2D eigenvalue weighted by atomic mass is 10.1. The van der Waals surface area contributed by atoms with Crippen molar-refractivity contribution in [3.8, 4) is 5.75 Å². The number of nitrogens with one attached hydrogen (secondary N) is 2. The van der Waals surface area contributed by atoms with E-state index in [1.54, 1.807) is 7.11 Å². The fraction of sp³-hybridized carbons (Fsp3) is 0.478. The van der Waals surface area contributed by atoms with E-state index in [0.29, 0.717) is 13.1 Å². The average Bonchev–Trinajstić information content (AvgIpc) is 2.77. The van der Waals surface area contributed by atoms with Gasteiger partial charge in [-0.25, -0.2) is 9.98 Å². The van der Waals surface area contributed by atoms with E-state index in [1.807, 2.05) is 12.3 Å². The SMILES string of the molecule is CCNC(=NCc1ccnc(N2CCN(C)CC2)c1)NCc1ccc(C)cc1OC. The van der Waals surface area contributed by atoms with Gasteiger partial charge in [0.15, 0.2) is 5.96 Å². The molecular weight excluding hydrogens is 376 g/mol. The first-order chi connectivity index (χ1) is 14.6. The smallest absolute Gasteiger partial charge is 0.191 e. The van der Waals surface area contributed by atoms with E-state index in [4.69, 9.17) is 9.73 Å². The second-order valence-electron chi connectivity index (χ2n) is 7.68. The molecule has 7 heteroatoms. The molecule has 30 heavy (non-hydrogen) atoms. The molecule has 0 aliphatic carbocycles. The number of piperazine rings is 1. The van der Waals surface area contributed by atoms with E-state index in [0.717, 1.165) is 61.4 Å². The third-order valence-corrected chi connectivity index (χ3v) is 5.29. The van der Waals surface area contributed by atoms with Gasteiger partial charge in [0.25, 0.3) is 0 Å². The van der Waals surface area contributed by atoms with Gasteiger partial charge in [0.2, 0.25) is 0 Å². The van der Waals surface area contributed by atoms with Crippen LogP contribution in [0.25, 0.3) is 0 Å². The number of rotatable bonds is 7. The number of guanidine groups is 1. The number of hydrogen-bond donors (Lipinski definition) is 2. The summed E-state index contributed by atoms with van der Waals surface area (Å²) in [7, 11) is 3.87. The van der Waals surface area contributed by atoms with Crippen molar-refractivity contribution in [2.45, 2.75) is 26.9 Å². The molecule has 0 unspecified atom stereocenters. The van der Waals surface area contributed by atoms with Crippen LogP contribution < -0.4 is 20.3 Å². The summed E-state index contributed by atoms with van der Waals surface area (Å²) >= 11 is 0. The van der Waals surface area contributed by atoms with Crippen molar-refractivity contribution in [3.05, 3.63) is 53.2 Å². The second kappa shape index (κ2) is 10.8. The van der Waals surface area contributed by atoms with Crippen molar-refractivity contribution >= 4 is 11.8 Å². The first kappa shape index (κ1) is 21.9. The van der Waals surface area contributed by atoms with Gasteiger partial charge >= 0.3 is 0 Å². The van der Waals surface area contributed by atoms with Crippen LogP contribution in [0.5, 0.6) is 5.75 Å². The first-order valence-electron chi connectivity index (χ1n) is 10.6. The normalized spacial score (nSPS) is 15.2. The molecule has 2 heterocycles. The number of aliphatic imine (C=N–C) groups is 1. The maximum Gasteiger partial charge on any atom is 0.191 e. The standard InChI is InChI=1S/C23H34N6O/c1-5-24-23(27-17-20-7-6-18(2)14-21(20)30-4)26-16-19-8-9-25-22(15-19)29-12-10-28(3)11-13-29/h6-9,14-15H,5,10-13,16-17H2,1-4H3,(H2,24,26,27). The van der Waals surface area contributed by atoms with Crippen molar-refractivity contribution in [2.24, 2.45) is 4.99 Å². The highest BCUT2D eigenvalue weighted by Crippen LogP contribution is 2.19. The summed E-state index contributed by atoms with van der Waals surface area (Å²) in [6.45, 7) is 10.4. The lowest BCUT2D eigenvalue weighted by molar-refractivity contribution is 0.312. The number of aromatic nitrogens is 1. The maximum atomic E-state index is 5.51. The van der Waals surface area contributed by atoms with Crippen LogP contribution in [-0.2, 0) is 13.1 Å². The number of methoxy groups -OCH3 is 1. The molecule has 0 spiro atoms. The van der Waals surface area contributed by atoms with Gasteiger partial charge in [-0.1, -0.05) is 12.1 Å². The molecule has 0 saturated carbocycles. The lowest BCUT2D eigenvalue weighted by Crippen LogP contribution is -2.44. The van der Waals surface area contributed by atoms with Crippen LogP contribution in [0, 0.1) is 6.92 Å². The number of ether oxygens (including phenoxy) is 1. The molecule has 2 aromatic rings. The van der Waals surface area contributed by atoms with E-state index < -0.39 is 0 Å². The fourth-order valence-electron chi connectivity index (χ4n) is 3.46. The van der Waals surface area contributed by atoms with E-state index in [2.05, 4.69) is 70.6 Å². The largest absolute Gasteiger partial charge is 0.496 e. The van der Waals surface area contributed by atoms with Crippen LogP contribution in [0.1, 0.15) is 23.6 Å². The van der Waals surface area contributed by atoms with Crippen molar-refractivity contribution in [1.29, 1.82) is 0 Å². The molecule has 1 aromatic heterocycles. The zero-order valence-corrected chi connectivity index (χ0v) is 18.6.